The van der Waals surface area contributed by atoms with E-state index in [4.69, 9.17) is 4.74 Å². The fourth-order valence-electron chi connectivity index (χ4n) is 4.37. The standard InChI is InChI=1S/C22H35N5O.HI/c1-18-26-19-9-4-5-10-20(19)27(18)15-8-14-24-21(23-2)25-17-22(13-16-28-3)11-6-7-12-22;/h4-5,9-10H,6-8,11-17H2,1-3H3,(H2,23,24,25);1H. The van der Waals surface area contributed by atoms with Gasteiger partial charge in [-0.15, -0.1) is 24.0 Å². The summed E-state index contributed by atoms with van der Waals surface area (Å²) in [6, 6.07) is 8.34. The van der Waals surface area contributed by atoms with E-state index in [1.54, 1.807) is 7.11 Å². The van der Waals surface area contributed by atoms with Crippen LogP contribution in [0.3, 0.4) is 0 Å². The summed E-state index contributed by atoms with van der Waals surface area (Å²) in [5.41, 5.74) is 2.65. The van der Waals surface area contributed by atoms with Gasteiger partial charge in [0.05, 0.1) is 11.0 Å². The largest absolute Gasteiger partial charge is 0.385 e. The number of aliphatic imine (C=N–C) groups is 1. The molecule has 162 valence electrons. The third-order valence-corrected chi connectivity index (χ3v) is 6.05. The molecule has 0 radical (unpaired) electrons. The van der Waals surface area contributed by atoms with Crippen molar-refractivity contribution >= 4 is 41.0 Å². The number of ether oxygens (including phenoxy) is 1. The maximum absolute atomic E-state index is 5.34. The Bertz CT molecular complexity index is 783. The van der Waals surface area contributed by atoms with Gasteiger partial charge in [-0.3, -0.25) is 4.99 Å². The summed E-state index contributed by atoms with van der Waals surface area (Å²) in [6.45, 7) is 5.73. The number of aryl methyl sites for hydroxylation is 2. The molecule has 1 aliphatic carbocycles. The molecular formula is C22H36IN5O. The highest BCUT2D eigenvalue weighted by Gasteiger charge is 2.33. The number of para-hydroxylation sites is 2. The molecule has 3 rings (SSSR count). The zero-order chi connectivity index (χ0) is 19.8. The van der Waals surface area contributed by atoms with E-state index >= 15 is 0 Å². The van der Waals surface area contributed by atoms with Gasteiger partial charge < -0.3 is 19.9 Å². The summed E-state index contributed by atoms with van der Waals surface area (Å²) in [4.78, 5) is 9.05. The molecule has 0 spiro atoms. The van der Waals surface area contributed by atoms with Crippen molar-refractivity contribution in [3.8, 4) is 0 Å². The first-order chi connectivity index (χ1) is 13.7. The number of halogens is 1. The van der Waals surface area contributed by atoms with Crippen LogP contribution in [-0.4, -0.2) is 49.4 Å². The number of benzene rings is 1. The third kappa shape index (κ3) is 6.31. The van der Waals surface area contributed by atoms with Crippen LogP contribution >= 0.6 is 24.0 Å². The molecule has 0 amide bonds. The first-order valence-corrected chi connectivity index (χ1v) is 10.5. The minimum Gasteiger partial charge on any atom is -0.385 e. The molecule has 0 saturated heterocycles. The Balaban J connectivity index is 0.00000300. The van der Waals surface area contributed by atoms with Crippen LogP contribution in [-0.2, 0) is 11.3 Å². The Labute approximate surface area is 191 Å². The lowest BCUT2D eigenvalue weighted by atomic mass is 9.83. The van der Waals surface area contributed by atoms with Gasteiger partial charge in [-0.05, 0) is 50.2 Å². The molecule has 7 heteroatoms. The van der Waals surface area contributed by atoms with E-state index < -0.39 is 0 Å². The zero-order valence-corrected chi connectivity index (χ0v) is 20.4. The topological polar surface area (TPSA) is 63.5 Å². The Hall–Kier alpha value is -1.35. The molecule has 0 bridgehead atoms. The van der Waals surface area contributed by atoms with Gasteiger partial charge in [0, 0.05) is 40.4 Å². The number of guanidine groups is 1. The van der Waals surface area contributed by atoms with E-state index in [2.05, 4.69) is 50.3 Å². The maximum Gasteiger partial charge on any atom is 0.190 e. The molecule has 0 unspecified atom stereocenters. The van der Waals surface area contributed by atoms with Crippen molar-refractivity contribution in [2.24, 2.45) is 10.4 Å². The molecular weight excluding hydrogens is 477 g/mol. The van der Waals surface area contributed by atoms with Gasteiger partial charge in [0.2, 0.25) is 0 Å². The van der Waals surface area contributed by atoms with Crippen LogP contribution in [0.2, 0.25) is 0 Å². The molecule has 1 aromatic carbocycles. The van der Waals surface area contributed by atoms with Crippen LogP contribution in [0.1, 0.15) is 44.3 Å². The normalized spacial score (nSPS) is 16.0. The minimum atomic E-state index is 0. The maximum atomic E-state index is 5.34. The number of nitrogens with one attached hydrogen (secondary N) is 2. The number of nitrogens with zero attached hydrogens (tertiary/aromatic N) is 3. The number of hydrogen-bond acceptors (Lipinski definition) is 3. The van der Waals surface area contributed by atoms with Crippen molar-refractivity contribution in [3.63, 3.8) is 0 Å². The third-order valence-electron chi connectivity index (χ3n) is 6.05. The number of imidazole rings is 1. The second-order valence-corrected chi connectivity index (χ2v) is 7.96. The van der Waals surface area contributed by atoms with Crippen molar-refractivity contribution in [3.05, 3.63) is 30.1 Å². The van der Waals surface area contributed by atoms with E-state index in [1.807, 2.05) is 13.1 Å². The van der Waals surface area contributed by atoms with Gasteiger partial charge in [-0.1, -0.05) is 25.0 Å². The van der Waals surface area contributed by atoms with Crippen LogP contribution in [0.25, 0.3) is 11.0 Å². The Morgan fingerprint density at radius 2 is 2.00 bits per heavy atom. The minimum absolute atomic E-state index is 0. The molecule has 29 heavy (non-hydrogen) atoms. The van der Waals surface area contributed by atoms with Crippen molar-refractivity contribution in [2.75, 3.05) is 33.9 Å². The smallest absolute Gasteiger partial charge is 0.190 e. The second-order valence-electron chi connectivity index (χ2n) is 7.96. The van der Waals surface area contributed by atoms with E-state index in [1.165, 1.54) is 31.2 Å². The van der Waals surface area contributed by atoms with Crippen molar-refractivity contribution in [2.45, 2.75) is 52.0 Å². The lowest BCUT2D eigenvalue weighted by Crippen LogP contribution is -2.43. The van der Waals surface area contributed by atoms with Gasteiger partial charge in [0.15, 0.2) is 5.96 Å². The van der Waals surface area contributed by atoms with Gasteiger partial charge in [-0.25, -0.2) is 4.98 Å². The fraction of sp³-hybridized carbons (Fsp3) is 0.636. The first-order valence-electron chi connectivity index (χ1n) is 10.5. The number of aromatic nitrogens is 2. The molecule has 2 aromatic rings. The van der Waals surface area contributed by atoms with Gasteiger partial charge >= 0.3 is 0 Å². The van der Waals surface area contributed by atoms with Crippen molar-refractivity contribution < 1.29 is 4.74 Å². The monoisotopic (exact) mass is 513 g/mol. The van der Waals surface area contributed by atoms with Crippen LogP contribution in [0.4, 0.5) is 0 Å². The number of methoxy groups -OCH3 is 1. The fourth-order valence-corrected chi connectivity index (χ4v) is 4.37. The predicted octanol–water partition coefficient (Wildman–Crippen LogP) is 4.11. The predicted molar refractivity (Wildman–Crippen MR) is 131 cm³/mol. The van der Waals surface area contributed by atoms with Crippen LogP contribution < -0.4 is 10.6 Å². The number of rotatable bonds is 9. The molecule has 1 aliphatic rings. The van der Waals surface area contributed by atoms with Gasteiger partial charge in [0.1, 0.15) is 5.82 Å². The van der Waals surface area contributed by atoms with Crippen LogP contribution in [0.15, 0.2) is 29.3 Å². The van der Waals surface area contributed by atoms with Crippen LogP contribution in [0.5, 0.6) is 0 Å². The quantitative estimate of drug-likeness (QED) is 0.229. The Morgan fingerprint density at radius 3 is 2.72 bits per heavy atom. The van der Waals surface area contributed by atoms with E-state index in [-0.39, 0.29) is 24.0 Å². The average Bonchev–Trinajstić information content (AvgIpc) is 3.30. The number of hydrogen-bond donors (Lipinski definition) is 2. The van der Waals surface area contributed by atoms with E-state index in [0.29, 0.717) is 5.41 Å². The summed E-state index contributed by atoms with van der Waals surface area (Å²) < 4.78 is 7.63. The van der Waals surface area contributed by atoms with Crippen molar-refractivity contribution in [1.29, 1.82) is 0 Å². The highest BCUT2D eigenvalue weighted by Crippen LogP contribution is 2.40. The van der Waals surface area contributed by atoms with E-state index in [9.17, 15) is 0 Å². The molecule has 2 N–H and O–H groups in total. The SMILES string of the molecule is CN=C(NCCCn1c(C)nc2ccccc21)NCC1(CCOC)CCCC1.I. The Kier molecular flexibility index (Phi) is 9.68. The zero-order valence-electron chi connectivity index (χ0n) is 18.0. The lowest BCUT2D eigenvalue weighted by Gasteiger charge is -2.30. The highest BCUT2D eigenvalue weighted by molar-refractivity contribution is 14.0. The summed E-state index contributed by atoms with van der Waals surface area (Å²) in [6.07, 6.45) is 7.38. The summed E-state index contributed by atoms with van der Waals surface area (Å²) in [5, 5.41) is 7.03. The number of fused-ring (bicyclic) bond motifs is 1. The van der Waals surface area contributed by atoms with Gasteiger partial charge in [-0.2, -0.15) is 0 Å². The highest BCUT2D eigenvalue weighted by atomic mass is 127. The first kappa shape index (κ1) is 23.9. The van der Waals surface area contributed by atoms with Crippen LogP contribution in [0, 0.1) is 12.3 Å². The summed E-state index contributed by atoms with van der Waals surface area (Å²) in [7, 11) is 3.64. The molecule has 1 aromatic heterocycles. The van der Waals surface area contributed by atoms with Crippen molar-refractivity contribution in [1.82, 2.24) is 20.2 Å². The molecule has 1 saturated carbocycles. The average molecular weight is 513 g/mol. The molecule has 1 heterocycles. The van der Waals surface area contributed by atoms with Gasteiger partial charge in [0.25, 0.3) is 0 Å². The molecule has 1 fully saturated rings. The summed E-state index contributed by atoms with van der Waals surface area (Å²) in [5.74, 6) is 1.97. The molecule has 0 aliphatic heterocycles. The molecule has 0 atom stereocenters. The lowest BCUT2D eigenvalue weighted by molar-refractivity contribution is 0.138. The summed E-state index contributed by atoms with van der Waals surface area (Å²) >= 11 is 0. The molecule has 6 nitrogen and oxygen atoms in total. The second kappa shape index (κ2) is 11.7. The Morgan fingerprint density at radius 1 is 1.24 bits per heavy atom. The van der Waals surface area contributed by atoms with E-state index in [0.717, 1.165) is 56.4 Å².